The maximum absolute atomic E-state index is 10.0. The lowest BCUT2D eigenvalue weighted by Gasteiger charge is -2.27. The van der Waals surface area contributed by atoms with Gasteiger partial charge < -0.3 is 5.11 Å². The van der Waals surface area contributed by atoms with E-state index in [0.717, 1.165) is 36.9 Å². The minimum Gasteiger partial charge on any atom is -0.391 e. The predicted octanol–water partition coefficient (Wildman–Crippen LogP) is 2.42. The third-order valence-corrected chi connectivity index (χ3v) is 3.61. The maximum atomic E-state index is 10.0. The topological polar surface area (TPSA) is 50.9 Å². The molecule has 0 aliphatic heterocycles. The predicted molar refractivity (Wildman–Crippen MR) is 69.0 cm³/mol. The van der Waals surface area contributed by atoms with Crippen LogP contribution in [0.2, 0.25) is 0 Å². The van der Waals surface area contributed by atoms with Gasteiger partial charge in [-0.05, 0) is 12.8 Å². The highest BCUT2D eigenvalue weighted by Crippen LogP contribution is 2.28. The van der Waals surface area contributed by atoms with E-state index in [2.05, 4.69) is 10.3 Å². The first kappa shape index (κ1) is 11.4. The number of aliphatic hydroxyl groups is 1. The van der Waals surface area contributed by atoms with Crippen LogP contribution in [0.15, 0.2) is 36.5 Å². The number of aliphatic hydroxyl groups excluding tert-OH is 1. The van der Waals surface area contributed by atoms with Crippen LogP contribution in [0.5, 0.6) is 0 Å². The number of rotatable bonds is 2. The molecular weight excluding hydrogens is 226 g/mol. The van der Waals surface area contributed by atoms with Gasteiger partial charge in [0.1, 0.15) is 5.69 Å². The number of hydrogen-bond acceptors (Lipinski definition) is 3. The molecule has 1 aliphatic carbocycles. The van der Waals surface area contributed by atoms with Gasteiger partial charge in [0, 0.05) is 5.56 Å². The van der Waals surface area contributed by atoms with Gasteiger partial charge in [0.05, 0.1) is 18.3 Å². The molecule has 1 N–H and O–H groups in total. The molecule has 2 atom stereocenters. The van der Waals surface area contributed by atoms with E-state index in [-0.39, 0.29) is 12.1 Å². The monoisotopic (exact) mass is 243 g/mol. The Morgan fingerprint density at radius 1 is 1.11 bits per heavy atom. The van der Waals surface area contributed by atoms with Gasteiger partial charge in [0.2, 0.25) is 0 Å². The van der Waals surface area contributed by atoms with E-state index in [1.165, 1.54) is 0 Å². The fourth-order valence-corrected chi connectivity index (χ4v) is 2.58. The highest BCUT2D eigenvalue weighted by Gasteiger charge is 2.25. The van der Waals surface area contributed by atoms with Crippen LogP contribution in [0.1, 0.15) is 31.7 Å². The molecule has 1 fully saturated rings. The summed E-state index contributed by atoms with van der Waals surface area (Å²) in [6.07, 6.45) is 5.77. The Bertz CT molecular complexity index is 509. The zero-order chi connectivity index (χ0) is 12.4. The molecule has 1 aromatic heterocycles. The van der Waals surface area contributed by atoms with Gasteiger partial charge in [-0.2, -0.15) is 0 Å². The molecule has 3 rings (SSSR count). The summed E-state index contributed by atoms with van der Waals surface area (Å²) in [7, 11) is 0. The summed E-state index contributed by atoms with van der Waals surface area (Å²) in [5.74, 6) is 0. The summed E-state index contributed by atoms with van der Waals surface area (Å²) >= 11 is 0. The second kappa shape index (κ2) is 4.90. The fourth-order valence-electron chi connectivity index (χ4n) is 2.58. The van der Waals surface area contributed by atoms with Gasteiger partial charge in [-0.15, -0.1) is 5.10 Å². The van der Waals surface area contributed by atoms with Crippen molar-refractivity contribution >= 4 is 0 Å². The zero-order valence-corrected chi connectivity index (χ0v) is 10.2. The molecule has 1 unspecified atom stereocenters. The SMILES string of the molecule is O[C@@H]1CCCCC1n1cc(-c2ccccc2)nn1. The average molecular weight is 243 g/mol. The van der Waals surface area contributed by atoms with E-state index < -0.39 is 0 Å². The highest BCUT2D eigenvalue weighted by atomic mass is 16.3. The second-order valence-corrected chi connectivity index (χ2v) is 4.87. The summed E-state index contributed by atoms with van der Waals surface area (Å²) < 4.78 is 1.83. The van der Waals surface area contributed by atoms with Gasteiger partial charge in [-0.25, -0.2) is 4.68 Å². The molecule has 0 radical (unpaired) electrons. The molecule has 4 heteroatoms. The van der Waals surface area contributed by atoms with Gasteiger partial charge in [-0.3, -0.25) is 0 Å². The molecule has 0 spiro atoms. The Hall–Kier alpha value is -1.68. The first-order valence-corrected chi connectivity index (χ1v) is 6.50. The van der Waals surface area contributed by atoms with Crippen molar-refractivity contribution in [1.29, 1.82) is 0 Å². The Morgan fingerprint density at radius 3 is 2.67 bits per heavy atom. The largest absolute Gasteiger partial charge is 0.391 e. The smallest absolute Gasteiger partial charge is 0.113 e. The van der Waals surface area contributed by atoms with Gasteiger partial charge in [-0.1, -0.05) is 48.4 Å². The van der Waals surface area contributed by atoms with Crippen molar-refractivity contribution in [2.45, 2.75) is 37.8 Å². The van der Waals surface area contributed by atoms with Crippen molar-refractivity contribution in [1.82, 2.24) is 15.0 Å². The quantitative estimate of drug-likeness (QED) is 0.881. The number of hydrogen-bond donors (Lipinski definition) is 1. The Labute approximate surface area is 106 Å². The number of aromatic nitrogens is 3. The van der Waals surface area contributed by atoms with Gasteiger partial charge >= 0.3 is 0 Å². The van der Waals surface area contributed by atoms with Crippen molar-refractivity contribution in [2.75, 3.05) is 0 Å². The zero-order valence-electron chi connectivity index (χ0n) is 10.2. The highest BCUT2D eigenvalue weighted by molar-refractivity contribution is 5.57. The molecular formula is C14H17N3O. The Balaban J connectivity index is 1.85. The molecule has 1 heterocycles. The van der Waals surface area contributed by atoms with Crippen LogP contribution in [0.4, 0.5) is 0 Å². The van der Waals surface area contributed by atoms with Crippen molar-refractivity contribution < 1.29 is 5.11 Å². The van der Waals surface area contributed by atoms with Gasteiger partial charge in [0.25, 0.3) is 0 Å². The van der Waals surface area contributed by atoms with Crippen molar-refractivity contribution in [3.63, 3.8) is 0 Å². The first-order chi connectivity index (χ1) is 8.84. The lowest BCUT2D eigenvalue weighted by Crippen LogP contribution is -2.27. The molecule has 1 saturated carbocycles. The first-order valence-electron chi connectivity index (χ1n) is 6.50. The van der Waals surface area contributed by atoms with Crippen LogP contribution >= 0.6 is 0 Å². The van der Waals surface area contributed by atoms with Gasteiger partial charge in [0.15, 0.2) is 0 Å². The fraction of sp³-hybridized carbons (Fsp3) is 0.429. The van der Waals surface area contributed by atoms with Crippen molar-refractivity contribution in [2.24, 2.45) is 0 Å². The standard InChI is InChI=1S/C14H17N3O/c18-14-9-5-4-8-13(14)17-10-12(15-16-17)11-6-2-1-3-7-11/h1-3,6-7,10,13-14,18H,4-5,8-9H2/t13?,14-/m1/s1. The molecule has 0 bridgehead atoms. The molecule has 18 heavy (non-hydrogen) atoms. The van der Waals surface area contributed by atoms with Crippen LogP contribution in [-0.2, 0) is 0 Å². The minimum atomic E-state index is -0.288. The third kappa shape index (κ3) is 2.16. The number of benzene rings is 1. The lowest BCUT2D eigenvalue weighted by molar-refractivity contribution is 0.0685. The molecule has 1 aliphatic rings. The third-order valence-electron chi connectivity index (χ3n) is 3.61. The minimum absolute atomic E-state index is 0.0868. The van der Waals surface area contributed by atoms with E-state index in [9.17, 15) is 5.11 Å². The lowest BCUT2D eigenvalue weighted by atomic mass is 9.93. The van der Waals surface area contributed by atoms with E-state index in [4.69, 9.17) is 0 Å². The van der Waals surface area contributed by atoms with E-state index in [1.807, 2.05) is 41.2 Å². The van der Waals surface area contributed by atoms with Crippen molar-refractivity contribution in [3.8, 4) is 11.3 Å². The normalized spacial score (nSPS) is 24.1. The summed E-state index contributed by atoms with van der Waals surface area (Å²) in [4.78, 5) is 0. The molecule has 4 nitrogen and oxygen atoms in total. The summed E-state index contributed by atoms with van der Waals surface area (Å²) in [5, 5.41) is 18.4. The second-order valence-electron chi connectivity index (χ2n) is 4.87. The Morgan fingerprint density at radius 2 is 1.89 bits per heavy atom. The van der Waals surface area contributed by atoms with Crippen molar-refractivity contribution in [3.05, 3.63) is 36.5 Å². The van der Waals surface area contributed by atoms with E-state index in [0.29, 0.717) is 0 Å². The van der Waals surface area contributed by atoms with Crippen LogP contribution in [0.3, 0.4) is 0 Å². The number of nitrogens with zero attached hydrogens (tertiary/aromatic N) is 3. The Kier molecular flexibility index (Phi) is 3.11. The van der Waals surface area contributed by atoms with Crippen LogP contribution < -0.4 is 0 Å². The summed E-state index contributed by atoms with van der Waals surface area (Å²) in [5.41, 5.74) is 1.93. The van der Waals surface area contributed by atoms with Crippen LogP contribution in [0.25, 0.3) is 11.3 Å². The molecule has 2 aromatic rings. The molecule has 0 saturated heterocycles. The van der Waals surface area contributed by atoms with E-state index in [1.54, 1.807) is 0 Å². The molecule has 94 valence electrons. The van der Waals surface area contributed by atoms with E-state index >= 15 is 0 Å². The summed E-state index contributed by atoms with van der Waals surface area (Å²) in [6, 6.07) is 10.1. The maximum Gasteiger partial charge on any atom is 0.113 e. The average Bonchev–Trinajstić information content (AvgIpc) is 2.90. The van der Waals surface area contributed by atoms with Crippen LogP contribution in [-0.4, -0.2) is 26.2 Å². The summed E-state index contributed by atoms with van der Waals surface area (Å²) in [6.45, 7) is 0. The van der Waals surface area contributed by atoms with Crippen LogP contribution in [0, 0.1) is 0 Å². The molecule has 0 amide bonds. The molecule has 1 aromatic carbocycles.